The van der Waals surface area contributed by atoms with E-state index in [2.05, 4.69) is 0 Å². The number of halogens is 2. The molecule has 0 heterocycles. The Morgan fingerprint density at radius 2 is 1.94 bits per heavy atom. The van der Waals surface area contributed by atoms with Gasteiger partial charge in [0, 0.05) is 29.5 Å². The van der Waals surface area contributed by atoms with E-state index in [1.54, 1.807) is 12.1 Å². The lowest BCUT2D eigenvalue weighted by Crippen LogP contribution is -2.32. The molecule has 2 nitrogen and oxygen atoms in total. The lowest BCUT2D eigenvalue weighted by atomic mass is 10.1. The van der Waals surface area contributed by atoms with E-state index >= 15 is 0 Å². The topological polar surface area (TPSA) is 29.3 Å². The van der Waals surface area contributed by atoms with Gasteiger partial charge in [0.05, 0.1) is 0 Å². The zero-order chi connectivity index (χ0) is 13.0. The molecule has 1 aromatic carbocycles. The first-order chi connectivity index (χ1) is 7.97. The van der Waals surface area contributed by atoms with Gasteiger partial charge in [0.15, 0.2) is 0 Å². The molecule has 0 amide bonds. The van der Waals surface area contributed by atoms with Crippen molar-refractivity contribution in [2.45, 2.75) is 39.7 Å². The van der Waals surface area contributed by atoms with Gasteiger partial charge in [-0.05, 0) is 38.5 Å². The summed E-state index contributed by atoms with van der Waals surface area (Å²) in [6, 6.07) is 4.92. The minimum absolute atomic E-state index is 0.0205. The molecular formula is C13H20F2N2. The third kappa shape index (κ3) is 3.32. The largest absolute Gasteiger partial charge is 0.399 e. The fraction of sp³-hybridized carbons (Fsp3) is 0.538. The Labute approximate surface area is 101 Å². The molecule has 0 radical (unpaired) electrons. The summed E-state index contributed by atoms with van der Waals surface area (Å²) >= 11 is 0. The molecule has 0 saturated carbocycles. The third-order valence-electron chi connectivity index (χ3n) is 2.68. The average Bonchev–Trinajstić information content (AvgIpc) is 2.26. The van der Waals surface area contributed by atoms with E-state index in [4.69, 9.17) is 5.73 Å². The maximum atomic E-state index is 13.0. The molecule has 2 N–H and O–H groups in total. The highest BCUT2D eigenvalue weighted by Crippen LogP contribution is 2.32. The van der Waals surface area contributed by atoms with E-state index in [9.17, 15) is 8.78 Å². The fourth-order valence-electron chi connectivity index (χ4n) is 1.91. The second-order valence-electron chi connectivity index (χ2n) is 4.41. The highest BCUT2D eigenvalue weighted by Gasteiger charge is 2.19. The fourth-order valence-corrected chi connectivity index (χ4v) is 1.91. The molecule has 0 aliphatic heterocycles. The Balaban J connectivity index is 3.17. The SMILES string of the molecule is CCCN(c1ccc(N)cc1C(F)F)C(C)C. The average molecular weight is 242 g/mol. The standard InChI is InChI=1S/C13H20F2N2/c1-4-7-17(9(2)3)12-6-5-10(16)8-11(12)13(14)15/h5-6,8-9,13H,4,7,16H2,1-3H3. The molecule has 0 saturated heterocycles. The summed E-state index contributed by atoms with van der Waals surface area (Å²) in [5.74, 6) is 0. The summed E-state index contributed by atoms with van der Waals surface area (Å²) in [6.45, 7) is 6.80. The van der Waals surface area contributed by atoms with Crippen LogP contribution in [0.2, 0.25) is 0 Å². The molecule has 0 aromatic heterocycles. The number of hydrogen-bond acceptors (Lipinski definition) is 2. The zero-order valence-electron chi connectivity index (χ0n) is 10.6. The van der Waals surface area contributed by atoms with Crippen LogP contribution in [0.1, 0.15) is 39.2 Å². The van der Waals surface area contributed by atoms with Gasteiger partial charge in [0.1, 0.15) is 0 Å². The number of nitrogens with zero attached hydrogens (tertiary/aromatic N) is 1. The van der Waals surface area contributed by atoms with Crippen LogP contribution in [0.25, 0.3) is 0 Å². The first kappa shape index (κ1) is 13.7. The molecule has 17 heavy (non-hydrogen) atoms. The summed E-state index contributed by atoms with van der Waals surface area (Å²) in [4.78, 5) is 1.99. The summed E-state index contributed by atoms with van der Waals surface area (Å²) in [6.07, 6.45) is -1.57. The smallest absolute Gasteiger partial charge is 0.265 e. The minimum atomic E-state index is -2.49. The van der Waals surface area contributed by atoms with Crippen molar-refractivity contribution in [3.05, 3.63) is 23.8 Å². The van der Waals surface area contributed by atoms with Crippen LogP contribution >= 0.6 is 0 Å². The minimum Gasteiger partial charge on any atom is -0.399 e. The van der Waals surface area contributed by atoms with Gasteiger partial charge in [-0.15, -0.1) is 0 Å². The van der Waals surface area contributed by atoms with E-state index in [1.807, 2.05) is 25.7 Å². The van der Waals surface area contributed by atoms with Crippen molar-refractivity contribution in [1.29, 1.82) is 0 Å². The molecule has 0 fully saturated rings. The highest BCUT2D eigenvalue weighted by molar-refractivity contribution is 5.60. The number of anilines is 2. The molecule has 0 unspecified atom stereocenters. The van der Waals surface area contributed by atoms with Crippen LogP contribution in [-0.4, -0.2) is 12.6 Å². The third-order valence-corrected chi connectivity index (χ3v) is 2.68. The number of nitrogens with two attached hydrogens (primary N) is 1. The van der Waals surface area contributed by atoms with Gasteiger partial charge in [-0.3, -0.25) is 0 Å². The van der Waals surface area contributed by atoms with Gasteiger partial charge >= 0.3 is 0 Å². The van der Waals surface area contributed by atoms with Crippen LogP contribution < -0.4 is 10.6 Å². The highest BCUT2D eigenvalue weighted by atomic mass is 19.3. The molecule has 0 bridgehead atoms. The van der Waals surface area contributed by atoms with Crippen LogP contribution in [-0.2, 0) is 0 Å². The van der Waals surface area contributed by atoms with Gasteiger partial charge in [0.25, 0.3) is 6.43 Å². The number of nitrogen functional groups attached to an aromatic ring is 1. The van der Waals surface area contributed by atoms with E-state index < -0.39 is 6.43 Å². The van der Waals surface area contributed by atoms with Crippen molar-refractivity contribution in [3.63, 3.8) is 0 Å². The first-order valence-corrected chi connectivity index (χ1v) is 5.91. The van der Waals surface area contributed by atoms with Gasteiger partial charge < -0.3 is 10.6 Å². The quantitative estimate of drug-likeness (QED) is 0.795. The number of alkyl halides is 2. The van der Waals surface area contributed by atoms with E-state index in [-0.39, 0.29) is 11.6 Å². The van der Waals surface area contributed by atoms with Crippen LogP contribution in [0.15, 0.2) is 18.2 Å². The van der Waals surface area contributed by atoms with Crippen LogP contribution in [0.3, 0.4) is 0 Å². The van der Waals surface area contributed by atoms with Gasteiger partial charge in [-0.25, -0.2) is 8.78 Å². The maximum absolute atomic E-state index is 13.0. The molecule has 0 spiro atoms. The maximum Gasteiger partial charge on any atom is 0.265 e. The van der Waals surface area contributed by atoms with Crippen molar-refractivity contribution in [2.24, 2.45) is 0 Å². The van der Waals surface area contributed by atoms with Crippen molar-refractivity contribution < 1.29 is 8.78 Å². The van der Waals surface area contributed by atoms with Crippen LogP contribution in [0.5, 0.6) is 0 Å². The lowest BCUT2D eigenvalue weighted by Gasteiger charge is -2.30. The monoisotopic (exact) mass is 242 g/mol. The molecular weight excluding hydrogens is 222 g/mol. The van der Waals surface area contributed by atoms with Crippen molar-refractivity contribution in [1.82, 2.24) is 0 Å². The summed E-state index contributed by atoms with van der Waals surface area (Å²) in [5, 5.41) is 0. The molecule has 1 aromatic rings. The molecule has 0 aliphatic rings. The molecule has 96 valence electrons. The Morgan fingerprint density at radius 1 is 1.29 bits per heavy atom. The van der Waals surface area contributed by atoms with E-state index in [1.165, 1.54) is 6.07 Å². The first-order valence-electron chi connectivity index (χ1n) is 5.91. The van der Waals surface area contributed by atoms with Gasteiger partial charge in [-0.2, -0.15) is 0 Å². The zero-order valence-corrected chi connectivity index (χ0v) is 10.6. The van der Waals surface area contributed by atoms with Crippen LogP contribution in [0, 0.1) is 0 Å². The number of benzene rings is 1. The van der Waals surface area contributed by atoms with Crippen molar-refractivity contribution in [2.75, 3.05) is 17.2 Å². The molecule has 4 heteroatoms. The Kier molecular flexibility index (Phi) is 4.73. The lowest BCUT2D eigenvalue weighted by molar-refractivity contribution is 0.152. The van der Waals surface area contributed by atoms with Crippen LogP contribution in [0.4, 0.5) is 20.2 Å². The number of hydrogen-bond donors (Lipinski definition) is 1. The van der Waals surface area contributed by atoms with Crippen molar-refractivity contribution in [3.8, 4) is 0 Å². The normalized spacial score (nSPS) is 11.2. The Bertz CT molecular complexity index is 364. The summed E-state index contributed by atoms with van der Waals surface area (Å²) in [7, 11) is 0. The second kappa shape index (κ2) is 5.84. The summed E-state index contributed by atoms with van der Waals surface area (Å²) < 4.78 is 26.0. The Hall–Kier alpha value is -1.32. The molecule has 0 atom stereocenters. The van der Waals surface area contributed by atoms with Gasteiger partial charge in [-0.1, -0.05) is 6.92 Å². The second-order valence-corrected chi connectivity index (χ2v) is 4.41. The number of rotatable bonds is 5. The van der Waals surface area contributed by atoms with E-state index in [0.29, 0.717) is 11.4 Å². The van der Waals surface area contributed by atoms with Gasteiger partial charge in [0.2, 0.25) is 0 Å². The van der Waals surface area contributed by atoms with Crippen molar-refractivity contribution >= 4 is 11.4 Å². The Morgan fingerprint density at radius 3 is 2.41 bits per heavy atom. The predicted octanol–water partition coefficient (Wildman–Crippen LogP) is 3.83. The summed E-state index contributed by atoms with van der Waals surface area (Å²) in [5.41, 5.74) is 6.55. The predicted molar refractivity (Wildman–Crippen MR) is 68.6 cm³/mol. The molecule has 1 rings (SSSR count). The van der Waals surface area contributed by atoms with E-state index in [0.717, 1.165) is 13.0 Å². The molecule has 0 aliphatic carbocycles.